The summed E-state index contributed by atoms with van der Waals surface area (Å²) in [6.45, 7) is 4.70. The minimum atomic E-state index is 1.13. The first kappa shape index (κ1) is 7.64. The Kier molecular flexibility index (Phi) is 1.95. The van der Waals surface area contributed by atoms with Crippen molar-refractivity contribution in [1.29, 1.82) is 0 Å². The zero-order valence-corrected chi connectivity index (χ0v) is 7.84. The van der Waals surface area contributed by atoms with Gasteiger partial charge in [0, 0.05) is 0 Å². The van der Waals surface area contributed by atoms with Crippen molar-refractivity contribution in [2.75, 3.05) is 0 Å². The monoisotopic (exact) mass is 152 g/mol. The molecular formula is C11H20. The maximum Gasteiger partial charge on any atom is -0.0352 e. The summed E-state index contributed by atoms with van der Waals surface area (Å²) < 4.78 is 0. The van der Waals surface area contributed by atoms with Crippen LogP contribution in [-0.2, 0) is 0 Å². The average molecular weight is 152 g/mol. The molecule has 0 nitrogen and oxygen atoms in total. The highest BCUT2D eigenvalue weighted by Gasteiger charge is 2.50. The van der Waals surface area contributed by atoms with E-state index in [1.54, 1.807) is 12.8 Å². The molecule has 3 aliphatic carbocycles. The van der Waals surface area contributed by atoms with Crippen LogP contribution in [0.5, 0.6) is 0 Å². The van der Waals surface area contributed by atoms with E-state index < -0.39 is 0 Å². The van der Waals surface area contributed by atoms with E-state index in [2.05, 4.69) is 13.8 Å². The van der Waals surface area contributed by atoms with Gasteiger partial charge in [0.1, 0.15) is 0 Å². The van der Waals surface area contributed by atoms with Crippen LogP contribution in [0.4, 0.5) is 0 Å². The van der Waals surface area contributed by atoms with Gasteiger partial charge in [0.15, 0.2) is 0 Å². The van der Waals surface area contributed by atoms with Crippen LogP contribution in [0.15, 0.2) is 0 Å². The fraction of sp³-hybridized carbons (Fsp3) is 1.00. The fourth-order valence-corrected chi connectivity index (χ4v) is 3.57. The van der Waals surface area contributed by atoms with Crippen molar-refractivity contribution in [3.05, 3.63) is 0 Å². The molecule has 0 aromatic rings. The van der Waals surface area contributed by atoms with Crippen LogP contribution in [0.3, 0.4) is 0 Å². The number of hydrogen-bond donors (Lipinski definition) is 0. The van der Waals surface area contributed by atoms with Gasteiger partial charge in [-0.3, -0.25) is 0 Å². The Hall–Kier alpha value is 0. The van der Waals surface area contributed by atoms with Gasteiger partial charge in [-0.2, -0.15) is 0 Å². The molecular weight excluding hydrogens is 132 g/mol. The van der Waals surface area contributed by atoms with Crippen LogP contribution in [-0.4, -0.2) is 0 Å². The van der Waals surface area contributed by atoms with Gasteiger partial charge < -0.3 is 0 Å². The molecule has 3 rings (SSSR count). The molecule has 3 fully saturated rings. The Morgan fingerprint density at radius 1 is 1.18 bits per heavy atom. The van der Waals surface area contributed by atoms with Crippen molar-refractivity contribution < 1.29 is 0 Å². The molecule has 0 aliphatic heterocycles. The van der Waals surface area contributed by atoms with E-state index in [0.717, 1.165) is 23.7 Å². The van der Waals surface area contributed by atoms with Crippen molar-refractivity contribution in [3.63, 3.8) is 0 Å². The van der Waals surface area contributed by atoms with E-state index in [1.165, 1.54) is 19.3 Å². The summed E-state index contributed by atoms with van der Waals surface area (Å²) in [6.07, 6.45) is 7.54. The van der Waals surface area contributed by atoms with Crippen LogP contribution >= 0.6 is 0 Å². The maximum absolute atomic E-state index is 2.37. The third-order valence-electron chi connectivity index (χ3n) is 4.07. The first-order valence-electron chi connectivity index (χ1n) is 5.36. The zero-order valence-electron chi connectivity index (χ0n) is 7.84. The minimum Gasteiger partial charge on any atom is -0.0654 e. The largest absolute Gasteiger partial charge is 0.0654 e. The quantitative estimate of drug-likeness (QED) is 0.581. The molecule has 3 aliphatic rings. The minimum absolute atomic E-state index is 1.13. The normalized spacial score (nSPS) is 47.5. The second-order valence-corrected chi connectivity index (χ2v) is 4.52. The lowest BCUT2D eigenvalue weighted by atomic mass is 9.69. The predicted octanol–water partition coefficient (Wildman–Crippen LogP) is 3.47. The van der Waals surface area contributed by atoms with E-state index in [0.29, 0.717) is 0 Å². The number of rotatable bonds is 3. The Labute approximate surface area is 70.4 Å². The molecule has 0 amide bonds. The van der Waals surface area contributed by atoms with E-state index in [1.807, 2.05) is 0 Å². The van der Waals surface area contributed by atoms with Crippen molar-refractivity contribution in [2.24, 2.45) is 23.7 Å². The molecule has 2 bridgehead atoms. The van der Waals surface area contributed by atoms with Crippen LogP contribution in [0.25, 0.3) is 0 Å². The molecule has 0 aromatic heterocycles. The van der Waals surface area contributed by atoms with Crippen molar-refractivity contribution in [1.82, 2.24) is 0 Å². The highest BCUT2D eigenvalue weighted by atomic mass is 14.6. The number of hydrogen-bond acceptors (Lipinski definition) is 0. The van der Waals surface area contributed by atoms with Gasteiger partial charge in [-0.1, -0.05) is 33.1 Å². The molecule has 0 saturated heterocycles. The van der Waals surface area contributed by atoms with Gasteiger partial charge in [0.05, 0.1) is 0 Å². The summed E-state index contributed by atoms with van der Waals surface area (Å²) in [6, 6.07) is 0. The van der Waals surface area contributed by atoms with Crippen molar-refractivity contribution in [3.8, 4) is 0 Å². The molecule has 11 heavy (non-hydrogen) atoms. The molecule has 3 unspecified atom stereocenters. The van der Waals surface area contributed by atoms with E-state index in [-0.39, 0.29) is 0 Å². The molecule has 0 N–H and O–H groups in total. The van der Waals surface area contributed by atoms with Gasteiger partial charge in [-0.25, -0.2) is 0 Å². The van der Waals surface area contributed by atoms with E-state index in [9.17, 15) is 0 Å². The third-order valence-corrected chi connectivity index (χ3v) is 4.07. The molecule has 0 radical (unpaired) electrons. The summed E-state index contributed by atoms with van der Waals surface area (Å²) in [5.41, 5.74) is 0. The molecule has 3 saturated carbocycles. The summed E-state index contributed by atoms with van der Waals surface area (Å²) in [5.74, 6) is 4.59. The van der Waals surface area contributed by atoms with Gasteiger partial charge in [-0.05, 0) is 36.5 Å². The molecule has 4 atom stereocenters. The summed E-state index contributed by atoms with van der Waals surface area (Å²) in [7, 11) is 0. The maximum atomic E-state index is 2.37. The Balaban J connectivity index is 1.90. The third kappa shape index (κ3) is 1.02. The van der Waals surface area contributed by atoms with Crippen LogP contribution in [0.1, 0.15) is 46.0 Å². The van der Waals surface area contributed by atoms with E-state index >= 15 is 0 Å². The summed E-state index contributed by atoms with van der Waals surface area (Å²) in [4.78, 5) is 0. The SMILES string of the molecule is CCCC1CC2C[C@H]1C2CC. The van der Waals surface area contributed by atoms with Gasteiger partial charge in [0.2, 0.25) is 0 Å². The lowest BCUT2D eigenvalue weighted by Gasteiger charge is -2.36. The molecule has 64 valence electrons. The Bertz CT molecular complexity index is 139. The second-order valence-electron chi connectivity index (χ2n) is 4.52. The highest BCUT2D eigenvalue weighted by molar-refractivity contribution is 5.00. The number of fused-ring (bicyclic) bond motifs is 1. The first-order chi connectivity index (χ1) is 5.36. The van der Waals surface area contributed by atoms with Gasteiger partial charge in [-0.15, -0.1) is 0 Å². The molecule has 0 heterocycles. The smallest absolute Gasteiger partial charge is 0.0352 e. The summed E-state index contributed by atoms with van der Waals surface area (Å²) in [5, 5.41) is 0. The van der Waals surface area contributed by atoms with Gasteiger partial charge in [0.25, 0.3) is 0 Å². The fourth-order valence-electron chi connectivity index (χ4n) is 3.57. The average Bonchev–Trinajstić information content (AvgIpc) is 2.45. The molecule has 0 aromatic carbocycles. The molecule has 0 spiro atoms. The topological polar surface area (TPSA) is 0 Å². The zero-order chi connectivity index (χ0) is 7.84. The lowest BCUT2D eigenvalue weighted by Crippen LogP contribution is -2.28. The van der Waals surface area contributed by atoms with Crippen LogP contribution in [0, 0.1) is 23.7 Å². The van der Waals surface area contributed by atoms with Gasteiger partial charge >= 0.3 is 0 Å². The van der Waals surface area contributed by atoms with Crippen LogP contribution in [0.2, 0.25) is 0 Å². The predicted molar refractivity (Wildman–Crippen MR) is 48.4 cm³/mol. The lowest BCUT2D eigenvalue weighted by molar-refractivity contribution is 0.132. The van der Waals surface area contributed by atoms with E-state index in [4.69, 9.17) is 0 Å². The van der Waals surface area contributed by atoms with Crippen molar-refractivity contribution in [2.45, 2.75) is 46.0 Å². The molecule has 0 heteroatoms. The highest BCUT2D eigenvalue weighted by Crippen LogP contribution is 2.59. The first-order valence-corrected chi connectivity index (χ1v) is 5.36. The van der Waals surface area contributed by atoms with Crippen molar-refractivity contribution >= 4 is 0 Å². The van der Waals surface area contributed by atoms with Crippen LogP contribution < -0.4 is 0 Å². The standard InChI is InChI=1S/C11H20/c1-3-5-8-6-9-7-11(8)10(9)4-2/h8-11H,3-7H2,1-2H3/t8?,9?,10?,11-/m1/s1. The Morgan fingerprint density at radius 2 is 2.00 bits per heavy atom. The summed E-state index contributed by atoms with van der Waals surface area (Å²) >= 11 is 0. The Morgan fingerprint density at radius 3 is 2.55 bits per heavy atom. The second kappa shape index (κ2) is 2.80.